The number of carbonyl (C=O) groups is 1. The highest BCUT2D eigenvalue weighted by Gasteiger charge is 2.35. The highest BCUT2D eigenvalue weighted by atomic mass is 35.5. The minimum atomic E-state index is -0.986. The van der Waals surface area contributed by atoms with E-state index in [0.29, 0.717) is 12.3 Å². The average Bonchev–Trinajstić information content (AvgIpc) is 2.50. The Hall–Kier alpha value is -0.340. The van der Waals surface area contributed by atoms with Crippen LogP contribution in [0.2, 0.25) is 0 Å². The summed E-state index contributed by atoms with van der Waals surface area (Å²) in [4.78, 5) is 11.3. The van der Waals surface area contributed by atoms with Gasteiger partial charge in [0.25, 0.3) is 0 Å². The van der Waals surface area contributed by atoms with Gasteiger partial charge in [0.05, 0.1) is 10.6 Å². The van der Waals surface area contributed by atoms with E-state index in [1.165, 1.54) is 25.3 Å². The first-order chi connectivity index (χ1) is 8.32. The fraction of sp³-hybridized carbons (Fsp3) is 0.800. The third-order valence-corrected chi connectivity index (χ3v) is 4.00. The monoisotopic (exact) mass is 272 g/mol. The molecule has 0 aromatic heterocycles. The van der Waals surface area contributed by atoms with E-state index in [4.69, 9.17) is 11.6 Å². The molecular formula is C15H25ClO2. The number of allylic oxidation sites excluding steroid dienone is 1. The van der Waals surface area contributed by atoms with Gasteiger partial charge >= 0.3 is 0 Å². The molecule has 0 fully saturated rings. The van der Waals surface area contributed by atoms with Crippen LogP contribution in [0.15, 0.2) is 11.1 Å². The highest BCUT2D eigenvalue weighted by Crippen LogP contribution is 2.33. The van der Waals surface area contributed by atoms with Crippen molar-refractivity contribution < 1.29 is 9.90 Å². The third-order valence-electron chi connectivity index (χ3n) is 3.68. The Kier molecular flexibility index (Phi) is 5.87. The summed E-state index contributed by atoms with van der Waals surface area (Å²) >= 11 is 5.73. The second-order valence-corrected chi connectivity index (χ2v) is 6.57. The lowest BCUT2D eigenvalue weighted by atomic mass is 9.89. The van der Waals surface area contributed by atoms with Gasteiger partial charge in [0.15, 0.2) is 5.78 Å². The van der Waals surface area contributed by atoms with Gasteiger partial charge in [0.1, 0.15) is 0 Å². The molecule has 0 heterocycles. The Balaban J connectivity index is 2.26. The van der Waals surface area contributed by atoms with E-state index in [1.54, 1.807) is 0 Å². The largest absolute Gasteiger partial charge is 0.385 e. The van der Waals surface area contributed by atoms with Crippen molar-refractivity contribution in [3.05, 3.63) is 11.1 Å². The van der Waals surface area contributed by atoms with E-state index >= 15 is 0 Å². The van der Waals surface area contributed by atoms with Gasteiger partial charge in [-0.25, -0.2) is 0 Å². The Bertz CT molecular complexity index is 322. The quantitative estimate of drug-likeness (QED) is 0.759. The number of ketones is 1. The van der Waals surface area contributed by atoms with E-state index in [1.807, 2.05) is 0 Å². The van der Waals surface area contributed by atoms with E-state index in [2.05, 4.69) is 20.8 Å². The summed E-state index contributed by atoms with van der Waals surface area (Å²) in [5.74, 6) is 1.22. The Morgan fingerprint density at radius 2 is 2.00 bits per heavy atom. The standard InChI is InChI=1S/C15H25ClO2/c1-11(2)5-4-6-12(3)7-8-15(18)9-13(16)14(17)10-15/h9,11-12,18H,4-8,10H2,1-3H3. The zero-order valence-corrected chi connectivity index (χ0v) is 12.5. The second kappa shape index (κ2) is 6.72. The van der Waals surface area contributed by atoms with Crippen LogP contribution in [0, 0.1) is 11.8 Å². The van der Waals surface area contributed by atoms with Crippen molar-refractivity contribution in [1.29, 1.82) is 0 Å². The summed E-state index contributed by atoms with van der Waals surface area (Å²) in [6.45, 7) is 6.69. The average molecular weight is 273 g/mol. The lowest BCUT2D eigenvalue weighted by molar-refractivity contribution is -0.116. The third kappa shape index (κ3) is 5.11. The molecule has 0 radical (unpaired) electrons. The van der Waals surface area contributed by atoms with Crippen LogP contribution < -0.4 is 0 Å². The van der Waals surface area contributed by atoms with Crippen LogP contribution in [0.5, 0.6) is 0 Å². The maximum Gasteiger partial charge on any atom is 0.177 e. The lowest BCUT2D eigenvalue weighted by Gasteiger charge is -2.21. The predicted octanol–water partition coefficient (Wildman–Crippen LogP) is 4.06. The van der Waals surface area contributed by atoms with Crippen molar-refractivity contribution in [2.45, 2.75) is 64.9 Å². The van der Waals surface area contributed by atoms with E-state index < -0.39 is 5.60 Å². The fourth-order valence-electron chi connectivity index (χ4n) is 2.41. The topological polar surface area (TPSA) is 37.3 Å². The molecule has 0 aliphatic heterocycles. The summed E-state index contributed by atoms with van der Waals surface area (Å²) in [6.07, 6.45) is 6.97. The van der Waals surface area contributed by atoms with Crippen molar-refractivity contribution >= 4 is 17.4 Å². The summed E-state index contributed by atoms with van der Waals surface area (Å²) in [5, 5.41) is 10.4. The fourth-order valence-corrected chi connectivity index (χ4v) is 2.68. The molecule has 0 aromatic carbocycles. The first kappa shape index (κ1) is 15.7. The smallest absolute Gasteiger partial charge is 0.177 e. The van der Waals surface area contributed by atoms with E-state index in [0.717, 1.165) is 12.3 Å². The first-order valence-electron chi connectivity index (χ1n) is 6.96. The summed E-state index contributed by atoms with van der Waals surface area (Å²) < 4.78 is 0. The summed E-state index contributed by atoms with van der Waals surface area (Å²) in [5.41, 5.74) is -0.986. The van der Waals surface area contributed by atoms with Crippen LogP contribution in [0.3, 0.4) is 0 Å². The Morgan fingerprint density at radius 1 is 1.33 bits per heavy atom. The second-order valence-electron chi connectivity index (χ2n) is 6.16. The van der Waals surface area contributed by atoms with Gasteiger partial charge < -0.3 is 5.11 Å². The van der Waals surface area contributed by atoms with Crippen LogP contribution >= 0.6 is 11.6 Å². The van der Waals surface area contributed by atoms with Crippen LogP contribution in [0.4, 0.5) is 0 Å². The van der Waals surface area contributed by atoms with E-state index in [-0.39, 0.29) is 17.2 Å². The minimum Gasteiger partial charge on any atom is -0.385 e. The minimum absolute atomic E-state index is 0.133. The van der Waals surface area contributed by atoms with E-state index in [9.17, 15) is 9.90 Å². The molecule has 0 bridgehead atoms. The molecule has 1 rings (SSSR count). The highest BCUT2D eigenvalue weighted by molar-refractivity contribution is 6.43. The maximum atomic E-state index is 11.3. The molecule has 1 aliphatic carbocycles. The molecule has 2 atom stereocenters. The number of hydrogen-bond donors (Lipinski definition) is 1. The van der Waals surface area contributed by atoms with Gasteiger partial charge in [0.2, 0.25) is 0 Å². The first-order valence-corrected chi connectivity index (χ1v) is 7.34. The molecule has 0 aromatic rings. The molecule has 0 spiro atoms. The zero-order valence-electron chi connectivity index (χ0n) is 11.7. The molecule has 0 saturated heterocycles. The number of rotatable bonds is 7. The SMILES string of the molecule is CC(C)CCCC(C)CCC1(O)C=C(Cl)C(=O)C1. The molecule has 2 nitrogen and oxygen atoms in total. The van der Waals surface area contributed by atoms with Crippen molar-refractivity contribution in [3.8, 4) is 0 Å². The van der Waals surface area contributed by atoms with Crippen molar-refractivity contribution in [3.63, 3.8) is 0 Å². The molecule has 1 N–H and O–H groups in total. The lowest BCUT2D eigenvalue weighted by Crippen LogP contribution is -2.25. The van der Waals surface area contributed by atoms with Gasteiger partial charge in [-0.3, -0.25) is 4.79 Å². The van der Waals surface area contributed by atoms with Gasteiger partial charge in [-0.1, -0.05) is 51.6 Å². The molecule has 0 amide bonds. The van der Waals surface area contributed by atoms with Gasteiger partial charge in [-0.2, -0.15) is 0 Å². The predicted molar refractivity (Wildman–Crippen MR) is 75.6 cm³/mol. The van der Waals surface area contributed by atoms with Gasteiger partial charge in [-0.05, 0) is 30.8 Å². The number of carbonyl (C=O) groups excluding carboxylic acids is 1. The number of halogens is 1. The molecule has 104 valence electrons. The van der Waals surface area contributed by atoms with Crippen molar-refractivity contribution in [2.24, 2.45) is 11.8 Å². The van der Waals surface area contributed by atoms with Crippen LogP contribution in [0.25, 0.3) is 0 Å². The summed E-state index contributed by atoms with van der Waals surface area (Å²) in [6, 6.07) is 0. The van der Waals surface area contributed by atoms with Crippen molar-refractivity contribution in [1.82, 2.24) is 0 Å². The van der Waals surface area contributed by atoms with Crippen LogP contribution in [-0.4, -0.2) is 16.5 Å². The molecule has 18 heavy (non-hydrogen) atoms. The Labute approximate surface area is 115 Å². The number of hydrogen-bond acceptors (Lipinski definition) is 2. The molecule has 2 unspecified atom stereocenters. The zero-order chi connectivity index (χ0) is 13.8. The number of Topliss-reactive ketones (excluding diaryl/α,β-unsaturated/α-hetero) is 1. The Morgan fingerprint density at radius 3 is 2.50 bits per heavy atom. The molecular weight excluding hydrogens is 248 g/mol. The molecule has 0 saturated carbocycles. The molecule has 1 aliphatic rings. The van der Waals surface area contributed by atoms with Crippen LogP contribution in [0.1, 0.15) is 59.3 Å². The van der Waals surface area contributed by atoms with Gasteiger partial charge in [-0.15, -0.1) is 0 Å². The van der Waals surface area contributed by atoms with Crippen LogP contribution in [-0.2, 0) is 4.79 Å². The molecule has 3 heteroatoms. The normalized spacial score (nSPS) is 25.7. The summed E-state index contributed by atoms with van der Waals surface area (Å²) in [7, 11) is 0. The van der Waals surface area contributed by atoms with Crippen molar-refractivity contribution in [2.75, 3.05) is 0 Å². The number of aliphatic hydroxyl groups is 1. The van der Waals surface area contributed by atoms with Gasteiger partial charge in [0, 0.05) is 6.42 Å². The maximum absolute atomic E-state index is 11.3.